The van der Waals surface area contributed by atoms with Gasteiger partial charge in [-0.1, -0.05) is 47.6 Å². The summed E-state index contributed by atoms with van der Waals surface area (Å²) < 4.78 is 26.2. The highest BCUT2D eigenvalue weighted by molar-refractivity contribution is 7.99. The first kappa shape index (κ1) is 20.5. The number of furan rings is 1. The number of rotatable bonds is 6. The molecular formula is C21H15ClN2O4S2. The highest BCUT2D eigenvalue weighted by Crippen LogP contribution is 2.34. The Morgan fingerprint density at radius 1 is 1.17 bits per heavy atom. The maximum atomic E-state index is 12.8. The molecule has 0 bridgehead atoms. The zero-order valence-corrected chi connectivity index (χ0v) is 18.0. The van der Waals surface area contributed by atoms with Crippen LogP contribution in [0.1, 0.15) is 10.4 Å². The molecule has 4 rings (SSSR count). The van der Waals surface area contributed by atoms with Crippen LogP contribution in [0.4, 0.5) is 5.69 Å². The summed E-state index contributed by atoms with van der Waals surface area (Å²) in [5.74, 6) is -0.425. The van der Waals surface area contributed by atoms with Crippen molar-refractivity contribution in [3.63, 3.8) is 0 Å². The van der Waals surface area contributed by atoms with Crippen molar-refractivity contribution in [1.82, 2.24) is 4.98 Å². The molecule has 2 aromatic heterocycles. The molecule has 0 fully saturated rings. The summed E-state index contributed by atoms with van der Waals surface area (Å²) >= 11 is 7.41. The van der Waals surface area contributed by atoms with Crippen LogP contribution in [0.15, 0.2) is 86.3 Å². The number of halogens is 1. The maximum Gasteiger partial charge on any atom is 0.337 e. The molecule has 4 aromatic rings. The van der Waals surface area contributed by atoms with Crippen LogP contribution >= 0.6 is 23.4 Å². The zero-order valence-electron chi connectivity index (χ0n) is 15.6. The Kier molecular flexibility index (Phi) is 6.08. The Balaban J connectivity index is 1.60. The second-order valence-electron chi connectivity index (χ2n) is 6.10. The van der Waals surface area contributed by atoms with E-state index in [4.69, 9.17) is 20.8 Å². The zero-order chi connectivity index (χ0) is 21.1. The number of methoxy groups -OCH3 is 1. The fourth-order valence-electron chi connectivity index (χ4n) is 2.70. The van der Waals surface area contributed by atoms with Crippen LogP contribution in [0.3, 0.4) is 0 Å². The van der Waals surface area contributed by atoms with Crippen molar-refractivity contribution < 1.29 is 18.2 Å². The summed E-state index contributed by atoms with van der Waals surface area (Å²) in [6, 6.07) is 17.8. The summed E-state index contributed by atoms with van der Waals surface area (Å²) in [5.41, 5.74) is 1.56. The molecule has 1 unspecified atom stereocenters. The predicted octanol–water partition coefficient (Wildman–Crippen LogP) is 5.55. The Morgan fingerprint density at radius 2 is 2.00 bits per heavy atom. The van der Waals surface area contributed by atoms with Gasteiger partial charge in [-0.05, 0) is 30.3 Å². The van der Waals surface area contributed by atoms with Gasteiger partial charge < -0.3 is 9.15 Å². The Hall–Kier alpha value is -2.81. The van der Waals surface area contributed by atoms with Gasteiger partial charge >= 0.3 is 5.97 Å². The van der Waals surface area contributed by atoms with E-state index in [1.165, 1.54) is 25.1 Å². The lowest BCUT2D eigenvalue weighted by molar-refractivity contribution is 0.0600. The lowest BCUT2D eigenvalue weighted by Gasteiger charge is -2.10. The van der Waals surface area contributed by atoms with Gasteiger partial charge in [0, 0.05) is 22.5 Å². The van der Waals surface area contributed by atoms with Gasteiger partial charge in [-0.2, -0.15) is 0 Å². The predicted molar refractivity (Wildman–Crippen MR) is 117 cm³/mol. The van der Waals surface area contributed by atoms with E-state index < -0.39 is 17.0 Å². The number of fused-ring (bicyclic) bond motifs is 1. The molecule has 6 nitrogen and oxygen atoms in total. The minimum atomic E-state index is -1.66. The summed E-state index contributed by atoms with van der Waals surface area (Å²) in [7, 11) is -0.328. The number of hydrogen-bond donors (Lipinski definition) is 1. The van der Waals surface area contributed by atoms with E-state index in [0.29, 0.717) is 32.0 Å². The van der Waals surface area contributed by atoms with Crippen LogP contribution < -0.4 is 4.72 Å². The average molecular weight is 459 g/mol. The van der Waals surface area contributed by atoms with Gasteiger partial charge in [0.2, 0.25) is 5.09 Å². The monoisotopic (exact) mass is 458 g/mol. The van der Waals surface area contributed by atoms with Crippen LogP contribution in [-0.4, -0.2) is 22.3 Å². The number of benzene rings is 2. The van der Waals surface area contributed by atoms with Crippen molar-refractivity contribution in [2.45, 2.75) is 15.0 Å². The summed E-state index contributed by atoms with van der Waals surface area (Å²) in [4.78, 5) is 16.9. The molecule has 152 valence electrons. The second kappa shape index (κ2) is 8.91. The normalized spacial score (nSPS) is 11.9. The summed E-state index contributed by atoms with van der Waals surface area (Å²) in [6.45, 7) is 0. The van der Waals surface area contributed by atoms with Gasteiger partial charge in [-0.25, -0.2) is 14.0 Å². The number of esters is 1. The van der Waals surface area contributed by atoms with Crippen molar-refractivity contribution in [3.8, 4) is 0 Å². The lowest BCUT2D eigenvalue weighted by Crippen LogP contribution is -2.05. The van der Waals surface area contributed by atoms with E-state index in [1.807, 2.05) is 30.3 Å². The van der Waals surface area contributed by atoms with Crippen LogP contribution in [0.5, 0.6) is 0 Å². The first-order valence-corrected chi connectivity index (χ1v) is 11.1. The number of anilines is 1. The number of carbonyl (C=O) groups is 1. The number of carbonyl (C=O) groups excluding carboxylic acids is 1. The number of pyridine rings is 1. The van der Waals surface area contributed by atoms with Gasteiger partial charge in [-0.15, -0.1) is 0 Å². The van der Waals surface area contributed by atoms with Gasteiger partial charge in [0.1, 0.15) is 10.6 Å². The fraction of sp³-hybridized carbons (Fsp3) is 0.0476. The number of nitrogens with zero attached hydrogens (tertiary/aromatic N) is 1. The molecule has 0 aliphatic heterocycles. The van der Waals surface area contributed by atoms with Gasteiger partial charge in [0.05, 0.1) is 23.4 Å². The summed E-state index contributed by atoms with van der Waals surface area (Å²) in [5, 5.41) is 2.10. The Bertz CT molecular complexity index is 1230. The number of nitrogens with one attached hydrogen (secondary N) is 1. The van der Waals surface area contributed by atoms with Crippen LogP contribution in [0.25, 0.3) is 11.0 Å². The van der Waals surface area contributed by atoms with E-state index in [-0.39, 0.29) is 0 Å². The number of hydrogen-bond acceptors (Lipinski definition) is 6. The third kappa shape index (κ3) is 4.51. The molecule has 1 atom stereocenters. The van der Waals surface area contributed by atoms with E-state index in [9.17, 15) is 9.00 Å². The highest BCUT2D eigenvalue weighted by atomic mass is 35.5. The fourth-order valence-corrected chi connectivity index (χ4v) is 4.66. The largest absolute Gasteiger partial charge is 0.465 e. The number of para-hydroxylation sites is 1. The third-order valence-corrected chi connectivity index (χ3v) is 6.26. The SMILES string of the molecule is COC(=O)c1cccc(Sc2ncc(Cl)cc2NS(=O)c2cc3ccccc3o2)c1. The van der Waals surface area contributed by atoms with Crippen molar-refractivity contribution in [1.29, 1.82) is 0 Å². The van der Waals surface area contributed by atoms with Crippen molar-refractivity contribution in [3.05, 3.63) is 77.4 Å². The molecule has 0 spiro atoms. The van der Waals surface area contributed by atoms with Gasteiger partial charge in [0.25, 0.3) is 0 Å². The van der Waals surface area contributed by atoms with E-state index in [0.717, 1.165) is 10.3 Å². The third-order valence-electron chi connectivity index (χ3n) is 4.08. The molecule has 0 aliphatic rings. The molecule has 2 heterocycles. The summed E-state index contributed by atoms with van der Waals surface area (Å²) in [6.07, 6.45) is 1.50. The van der Waals surface area contributed by atoms with Gasteiger partial charge in [-0.3, -0.25) is 4.72 Å². The quantitative estimate of drug-likeness (QED) is 0.381. The lowest BCUT2D eigenvalue weighted by atomic mass is 10.2. The molecular weight excluding hydrogens is 444 g/mol. The van der Waals surface area contributed by atoms with Crippen LogP contribution in [-0.2, 0) is 15.7 Å². The Labute approximate surface area is 184 Å². The van der Waals surface area contributed by atoms with Crippen molar-refractivity contribution in [2.24, 2.45) is 0 Å². The first-order chi connectivity index (χ1) is 14.5. The number of aromatic nitrogens is 1. The molecule has 30 heavy (non-hydrogen) atoms. The molecule has 1 N–H and O–H groups in total. The van der Waals surface area contributed by atoms with Crippen LogP contribution in [0, 0.1) is 0 Å². The van der Waals surface area contributed by atoms with E-state index in [2.05, 4.69) is 9.71 Å². The minimum Gasteiger partial charge on any atom is -0.465 e. The average Bonchev–Trinajstić information content (AvgIpc) is 3.20. The molecule has 0 radical (unpaired) electrons. The maximum absolute atomic E-state index is 12.8. The first-order valence-electron chi connectivity index (χ1n) is 8.72. The molecule has 0 amide bonds. The van der Waals surface area contributed by atoms with E-state index in [1.54, 1.807) is 30.3 Å². The van der Waals surface area contributed by atoms with Crippen molar-refractivity contribution in [2.75, 3.05) is 11.8 Å². The van der Waals surface area contributed by atoms with Crippen LogP contribution in [0.2, 0.25) is 5.02 Å². The molecule has 0 saturated heterocycles. The van der Waals surface area contributed by atoms with Crippen molar-refractivity contribution >= 4 is 57.0 Å². The smallest absolute Gasteiger partial charge is 0.337 e. The second-order valence-corrected chi connectivity index (χ2v) is 8.74. The standard InChI is InChI=1S/C21H15ClN2O4S2/c1-27-21(25)14-6-4-7-16(9-14)29-20-17(11-15(22)12-23-20)24-30(26)19-10-13-5-2-3-8-18(13)28-19/h2-12,24H,1H3. The topological polar surface area (TPSA) is 81.4 Å². The number of ether oxygens (including phenoxy) is 1. The highest BCUT2D eigenvalue weighted by Gasteiger charge is 2.15. The molecule has 0 saturated carbocycles. The molecule has 9 heteroatoms. The Morgan fingerprint density at radius 3 is 2.80 bits per heavy atom. The van der Waals surface area contributed by atoms with E-state index >= 15 is 0 Å². The van der Waals surface area contributed by atoms with Gasteiger partial charge in [0.15, 0.2) is 11.0 Å². The minimum absolute atomic E-state index is 0.291. The molecule has 0 aliphatic carbocycles. The molecule has 2 aromatic carbocycles.